The number of nitrogens with zero attached hydrogens (tertiary/aromatic N) is 1. The lowest BCUT2D eigenvalue weighted by Crippen LogP contribution is -2.55. The van der Waals surface area contributed by atoms with Gasteiger partial charge in [-0.3, -0.25) is 4.79 Å². The highest BCUT2D eigenvalue weighted by molar-refractivity contribution is 7.89. The van der Waals surface area contributed by atoms with E-state index in [9.17, 15) is 23.1 Å². The lowest BCUT2D eigenvalue weighted by atomic mass is 10.0. The van der Waals surface area contributed by atoms with Gasteiger partial charge in [-0.2, -0.15) is 4.31 Å². The van der Waals surface area contributed by atoms with Crippen LogP contribution in [0.4, 0.5) is 4.79 Å². The molecule has 13 heteroatoms. The lowest BCUT2D eigenvalue weighted by molar-refractivity contribution is -0.119. The first kappa shape index (κ1) is 29.3. The minimum absolute atomic E-state index is 0.0202. The van der Waals surface area contributed by atoms with Crippen LogP contribution in [0.1, 0.15) is 24.8 Å². The average molecular weight is 590 g/mol. The summed E-state index contributed by atoms with van der Waals surface area (Å²) in [6.07, 6.45) is -2.52. The molecule has 0 aliphatic carbocycles. The molecule has 0 aromatic heterocycles. The van der Waals surface area contributed by atoms with Gasteiger partial charge in [0, 0.05) is 13.0 Å². The molecular formula is C28H35N3O9S. The zero-order valence-corrected chi connectivity index (χ0v) is 23.5. The molecule has 3 N–H and O–H groups in total. The van der Waals surface area contributed by atoms with Crippen molar-refractivity contribution >= 4 is 22.0 Å². The molecule has 41 heavy (non-hydrogen) atoms. The topological polar surface area (TPSA) is 153 Å². The highest BCUT2D eigenvalue weighted by atomic mass is 32.2. The Morgan fingerprint density at radius 1 is 1.15 bits per heavy atom. The SMILES string of the molecule is COc1ccc(S(=O)(=O)N(C[C@@H](O)[C@H](Cc2ccccc2)NC(=O)OC2CO[C@H]3OCC[C@@H]23)C2CCC(=O)N2)cc1. The monoisotopic (exact) mass is 589 g/mol. The van der Waals surface area contributed by atoms with E-state index in [4.69, 9.17) is 18.9 Å². The number of fused-ring (bicyclic) bond motifs is 1. The van der Waals surface area contributed by atoms with Gasteiger partial charge in [0.15, 0.2) is 6.29 Å². The van der Waals surface area contributed by atoms with Crippen molar-refractivity contribution in [3.05, 3.63) is 60.2 Å². The summed E-state index contributed by atoms with van der Waals surface area (Å²) in [7, 11) is -2.69. The van der Waals surface area contributed by atoms with Crippen molar-refractivity contribution in [1.82, 2.24) is 14.9 Å². The van der Waals surface area contributed by atoms with Crippen LogP contribution in [0.3, 0.4) is 0 Å². The van der Waals surface area contributed by atoms with Crippen molar-refractivity contribution in [3.63, 3.8) is 0 Å². The summed E-state index contributed by atoms with van der Waals surface area (Å²) >= 11 is 0. The van der Waals surface area contributed by atoms with Crippen molar-refractivity contribution in [2.45, 2.75) is 61.3 Å². The van der Waals surface area contributed by atoms with E-state index in [1.165, 1.54) is 31.4 Å². The Labute approximate surface area is 239 Å². The number of methoxy groups -OCH3 is 1. The van der Waals surface area contributed by atoms with Crippen molar-refractivity contribution in [1.29, 1.82) is 0 Å². The van der Waals surface area contributed by atoms with Gasteiger partial charge in [0.2, 0.25) is 15.9 Å². The van der Waals surface area contributed by atoms with Gasteiger partial charge in [0.1, 0.15) is 11.9 Å². The molecule has 3 saturated heterocycles. The fourth-order valence-electron chi connectivity index (χ4n) is 5.42. The number of benzene rings is 2. The fourth-order valence-corrected chi connectivity index (χ4v) is 7.02. The largest absolute Gasteiger partial charge is 0.497 e. The van der Waals surface area contributed by atoms with Crippen LogP contribution in [0.2, 0.25) is 0 Å². The Morgan fingerprint density at radius 3 is 2.59 bits per heavy atom. The molecule has 2 aromatic carbocycles. The Bertz CT molecular complexity index is 1310. The summed E-state index contributed by atoms with van der Waals surface area (Å²) in [4.78, 5) is 25.0. The lowest BCUT2D eigenvalue weighted by Gasteiger charge is -2.33. The van der Waals surface area contributed by atoms with Gasteiger partial charge < -0.3 is 34.7 Å². The number of carbonyl (C=O) groups excluding carboxylic acids is 2. The van der Waals surface area contributed by atoms with E-state index in [-0.39, 0.29) is 49.1 Å². The molecule has 3 aliphatic heterocycles. The van der Waals surface area contributed by atoms with Crippen LogP contribution in [-0.2, 0) is 35.4 Å². The van der Waals surface area contributed by atoms with Crippen LogP contribution < -0.4 is 15.4 Å². The number of alkyl carbamates (subject to hydrolysis) is 1. The molecule has 12 nitrogen and oxygen atoms in total. The molecule has 3 heterocycles. The van der Waals surface area contributed by atoms with E-state index in [1.807, 2.05) is 30.3 Å². The van der Waals surface area contributed by atoms with E-state index in [0.717, 1.165) is 9.87 Å². The maximum Gasteiger partial charge on any atom is 0.407 e. The van der Waals surface area contributed by atoms with E-state index < -0.39 is 46.8 Å². The number of aliphatic hydroxyl groups excluding tert-OH is 1. The quantitative estimate of drug-likeness (QED) is 0.353. The number of aliphatic hydroxyl groups is 1. The summed E-state index contributed by atoms with van der Waals surface area (Å²) in [6.45, 7) is 0.356. The Hall–Kier alpha value is -3.23. The zero-order valence-electron chi connectivity index (χ0n) is 22.7. The molecule has 3 aliphatic rings. The first-order chi connectivity index (χ1) is 19.7. The number of hydrogen-bond acceptors (Lipinski definition) is 9. The first-order valence-electron chi connectivity index (χ1n) is 13.6. The van der Waals surface area contributed by atoms with Crippen LogP contribution in [0.5, 0.6) is 5.75 Å². The molecule has 5 rings (SSSR count). The molecule has 2 unspecified atom stereocenters. The van der Waals surface area contributed by atoms with Crippen LogP contribution in [0, 0.1) is 5.92 Å². The van der Waals surface area contributed by atoms with Crippen molar-refractivity contribution in [2.24, 2.45) is 5.92 Å². The summed E-state index contributed by atoms with van der Waals surface area (Å²) < 4.78 is 50.5. The van der Waals surface area contributed by atoms with E-state index in [1.54, 1.807) is 0 Å². The van der Waals surface area contributed by atoms with Gasteiger partial charge in [-0.05, 0) is 49.1 Å². The predicted octanol–water partition coefficient (Wildman–Crippen LogP) is 1.38. The molecular weight excluding hydrogens is 554 g/mol. The number of hydrogen-bond donors (Lipinski definition) is 3. The predicted molar refractivity (Wildman–Crippen MR) is 145 cm³/mol. The number of nitrogens with one attached hydrogen (secondary N) is 2. The smallest absolute Gasteiger partial charge is 0.407 e. The van der Waals surface area contributed by atoms with Gasteiger partial charge in [0.05, 0.1) is 49.4 Å². The third-order valence-corrected chi connectivity index (χ3v) is 9.55. The second kappa shape index (κ2) is 12.7. The standard InChI is InChI=1S/C28H35N3O9S/c1-37-19-7-9-20(10-8-19)41(35,36)31(25-11-12-26(33)30-25)16-23(32)22(15-18-5-3-2-4-6-18)29-28(34)40-24-17-39-27-21(24)13-14-38-27/h2-10,21-25,27,32H,11-17H2,1H3,(H,29,34)(H,30,33)/t21-,22-,23+,24?,25?,27+/m0/s1. The van der Waals surface area contributed by atoms with Gasteiger partial charge in [-0.25, -0.2) is 13.2 Å². The Balaban J connectivity index is 1.36. The maximum atomic E-state index is 13.8. The van der Waals surface area contributed by atoms with Gasteiger partial charge in [-0.1, -0.05) is 30.3 Å². The van der Waals surface area contributed by atoms with Crippen molar-refractivity contribution in [3.8, 4) is 5.75 Å². The highest BCUT2D eigenvalue weighted by Crippen LogP contribution is 2.33. The van der Waals surface area contributed by atoms with Crippen LogP contribution in [0.25, 0.3) is 0 Å². The van der Waals surface area contributed by atoms with Crippen LogP contribution in [-0.4, -0.2) is 87.4 Å². The maximum absolute atomic E-state index is 13.8. The number of sulfonamides is 1. The third-order valence-electron chi connectivity index (χ3n) is 7.66. The number of carbonyl (C=O) groups is 2. The number of ether oxygens (including phenoxy) is 4. The molecule has 222 valence electrons. The molecule has 6 atom stereocenters. The summed E-state index contributed by atoms with van der Waals surface area (Å²) in [5.74, 6) is 0.141. The molecule has 0 spiro atoms. The second-order valence-electron chi connectivity index (χ2n) is 10.3. The van der Waals surface area contributed by atoms with Crippen molar-refractivity contribution < 1.29 is 42.1 Å². The van der Waals surface area contributed by atoms with Crippen LogP contribution >= 0.6 is 0 Å². The summed E-state index contributed by atoms with van der Waals surface area (Å²) in [5.41, 5.74) is 0.823. The molecule has 2 aromatic rings. The molecule has 2 amide bonds. The van der Waals surface area contributed by atoms with Gasteiger partial charge >= 0.3 is 6.09 Å². The average Bonchev–Trinajstić information content (AvgIpc) is 3.71. The first-order valence-corrected chi connectivity index (χ1v) is 15.1. The third kappa shape index (κ3) is 6.81. The van der Waals surface area contributed by atoms with E-state index >= 15 is 0 Å². The number of rotatable bonds is 11. The minimum Gasteiger partial charge on any atom is -0.497 e. The van der Waals surface area contributed by atoms with Crippen LogP contribution in [0.15, 0.2) is 59.5 Å². The molecule has 3 fully saturated rings. The Kier molecular flexibility index (Phi) is 9.09. The second-order valence-corrected chi connectivity index (χ2v) is 12.2. The van der Waals surface area contributed by atoms with E-state index in [2.05, 4.69) is 10.6 Å². The summed E-state index contributed by atoms with van der Waals surface area (Å²) in [6, 6.07) is 14.2. The molecule has 0 bridgehead atoms. The minimum atomic E-state index is -4.16. The highest BCUT2D eigenvalue weighted by Gasteiger charge is 2.44. The van der Waals surface area contributed by atoms with Crippen molar-refractivity contribution in [2.75, 3.05) is 26.9 Å². The normalized spacial score (nSPS) is 25.4. The van der Waals surface area contributed by atoms with Gasteiger partial charge in [0.25, 0.3) is 0 Å². The fraction of sp³-hybridized carbons (Fsp3) is 0.500. The Morgan fingerprint density at radius 2 is 1.90 bits per heavy atom. The van der Waals surface area contributed by atoms with E-state index in [0.29, 0.717) is 18.8 Å². The summed E-state index contributed by atoms with van der Waals surface area (Å²) in [5, 5.41) is 16.9. The molecule has 0 saturated carbocycles. The zero-order chi connectivity index (χ0) is 29.0. The molecule has 0 radical (unpaired) electrons. The number of amides is 2. The van der Waals surface area contributed by atoms with Gasteiger partial charge in [-0.15, -0.1) is 0 Å².